The zero-order chi connectivity index (χ0) is 11.0. The molecular weight excluding hydrogens is 195 g/mol. The maximum atomic E-state index is 11.1. The van der Waals surface area contributed by atoms with E-state index in [9.17, 15) is 15.0 Å². The topological polar surface area (TPSA) is 66.8 Å². The van der Waals surface area contributed by atoms with Gasteiger partial charge in [0.1, 0.15) is 14.0 Å². The average molecular weight is 212 g/mol. The lowest BCUT2D eigenvalue weighted by Crippen LogP contribution is -2.22. The number of hydrogen-bond donors (Lipinski definition) is 2. The molecule has 1 unspecified atom stereocenters. The van der Waals surface area contributed by atoms with Gasteiger partial charge < -0.3 is 14.9 Å². The number of ether oxygens (including phenoxy) is 1. The van der Waals surface area contributed by atoms with Crippen LogP contribution in [0.1, 0.15) is 25.7 Å². The fourth-order valence-electron chi connectivity index (χ4n) is 2.82. The Morgan fingerprint density at radius 2 is 2.33 bits per heavy atom. The standard InChI is InChI=1S/C10H17BO4/c11-9(13)2-1-5-6-3-10(14)15-8(6)4-7(5)12/h5-9,12-13H,1-4,11H2/t5-,6-,7-,8+,9?/m1/s1. The van der Waals surface area contributed by atoms with Gasteiger partial charge in [-0.3, -0.25) is 4.79 Å². The molecule has 0 amide bonds. The zero-order valence-corrected chi connectivity index (χ0v) is 8.93. The predicted octanol–water partition coefficient (Wildman–Crippen LogP) is -0.969. The lowest BCUT2D eigenvalue weighted by atomic mass is 9.84. The van der Waals surface area contributed by atoms with E-state index in [1.807, 2.05) is 0 Å². The van der Waals surface area contributed by atoms with Crippen molar-refractivity contribution in [2.75, 3.05) is 0 Å². The maximum Gasteiger partial charge on any atom is 0.306 e. The third kappa shape index (κ3) is 2.18. The summed E-state index contributed by atoms with van der Waals surface area (Å²) in [5.41, 5.74) is 0. The molecule has 1 aliphatic heterocycles. The van der Waals surface area contributed by atoms with Gasteiger partial charge in [0.05, 0.1) is 12.5 Å². The zero-order valence-electron chi connectivity index (χ0n) is 8.93. The molecule has 0 aromatic heterocycles. The number of hydrogen-bond acceptors (Lipinski definition) is 4. The SMILES string of the molecule is BC(O)CC[C@@H]1[C@H]2CC(=O)O[C@H]2C[C@H]1O. The number of fused-ring (bicyclic) bond motifs is 1. The first-order chi connectivity index (χ1) is 7.08. The minimum atomic E-state index is -0.369. The highest BCUT2D eigenvalue weighted by Gasteiger charge is 2.49. The quantitative estimate of drug-likeness (QED) is 0.466. The second-order valence-electron chi connectivity index (χ2n) is 4.79. The van der Waals surface area contributed by atoms with Crippen LogP contribution in [0, 0.1) is 11.8 Å². The molecule has 0 spiro atoms. The van der Waals surface area contributed by atoms with Crippen LogP contribution in [0.15, 0.2) is 0 Å². The highest BCUT2D eigenvalue weighted by Crippen LogP contribution is 2.43. The van der Waals surface area contributed by atoms with Gasteiger partial charge in [-0.2, -0.15) is 0 Å². The molecule has 15 heavy (non-hydrogen) atoms. The van der Waals surface area contributed by atoms with E-state index in [4.69, 9.17) is 4.74 Å². The smallest absolute Gasteiger partial charge is 0.306 e. The molecule has 0 bridgehead atoms. The minimum absolute atomic E-state index is 0.0773. The Balaban J connectivity index is 1.94. The van der Waals surface area contributed by atoms with Gasteiger partial charge in [0.2, 0.25) is 0 Å². The van der Waals surface area contributed by atoms with Gasteiger partial charge in [0, 0.05) is 18.3 Å². The van der Waals surface area contributed by atoms with Crippen molar-refractivity contribution < 1.29 is 19.7 Å². The predicted molar refractivity (Wildman–Crippen MR) is 55.9 cm³/mol. The summed E-state index contributed by atoms with van der Waals surface area (Å²) in [6.45, 7) is 0. The normalized spacial score (nSPS) is 41.3. The molecule has 2 rings (SSSR count). The first-order valence-corrected chi connectivity index (χ1v) is 5.63. The van der Waals surface area contributed by atoms with Gasteiger partial charge in [-0.05, 0) is 18.8 Å². The monoisotopic (exact) mass is 212 g/mol. The molecule has 1 saturated carbocycles. The van der Waals surface area contributed by atoms with Crippen molar-refractivity contribution >= 4 is 13.8 Å². The number of aliphatic hydroxyl groups is 2. The number of rotatable bonds is 3. The average Bonchev–Trinajstić information content (AvgIpc) is 2.57. The van der Waals surface area contributed by atoms with Gasteiger partial charge in [-0.15, -0.1) is 0 Å². The van der Waals surface area contributed by atoms with E-state index in [1.54, 1.807) is 7.85 Å². The Morgan fingerprint density at radius 3 is 3.00 bits per heavy atom. The summed E-state index contributed by atoms with van der Waals surface area (Å²) in [6.07, 6.45) is 2.02. The fourth-order valence-corrected chi connectivity index (χ4v) is 2.82. The van der Waals surface area contributed by atoms with Gasteiger partial charge in [-0.25, -0.2) is 0 Å². The van der Waals surface area contributed by atoms with Crippen molar-refractivity contribution in [3.63, 3.8) is 0 Å². The molecule has 0 radical (unpaired) electrons. The third-order valence-electron chi connectivity index (χ3n) is 3.60. The van der Waals surface area contributed by atoms with Crippen molar-refractivity contribution in [2.24, 2.45) is 11.8 Å². The van der Waals surface area contributed by atoms with Crippen LogP contribution >= 0.6 is 0 Å². The van der Waals surface area contributed by atoms with Crippen molar-refractivity contribution in [1.82, 2.24) is 0 Å². The van der Waals surface area contributed by atoms with Crippen LogP contribution in [-0.4, -0.2) is 42.2 Å². The summed E-state index contributed by atoms with van der Waals surface area (Å²) in [5.74, 6) is 0.154. The van der Waals surface area contributed by atoms with Crippen LogP contribution in [0.4, 0.5) is 0 Å². The number of aliphatic hydroxyl groups excluding tert-OH is 2. The van der Waals surface area contributed by atoms with E-state index < -0.39 is 0 Å². The van der Waals surface area contributed by atoms with E-state index in [0.717, 1.165) is 6.42 Å². The molecule has 1 heterocycles. The van der Waals surface area contributed by atoms with Gasteiger partial charge >= 0.3 is 5.97 Å². The summed E-state index contributed by atoms with van der Waals surface area (Å²) < 4.78 is 5.13. The van der Waals surface area contributed by atoms with Crippen molar-refractivity contribution in [3.8, 4) is 0 Å². The van der Waals surface area contributed by atoms with Crippen LogP contribution in [0.2, 0.25) is 0 Å². The van der Waals surface area contributed by atoms with Crippen LogP contribution in [0.3, 0.4) is 0 Å². The highest BCUT2D eigenvalue weighted by atomic mass is 16.6. The van der Waals surface area contributed by atoms with Crippen LogP contribution in [0.5, 0.6) is 0 Å². The second kappa shape index (κ2) is 4.14. The second-order valence-corrected chi connectivity index (χ2v) is 4.79. The van der Waals surface area contributed by atoms with Gasteiger partial charge in [-0.1, -0.05) is 0 Å². The first kappa shape index (κ1) is 11.0. The van der Waals surface area contributed by atoms with E-state index in [1.165, 1.54) is 0 Å². The van der Waals surface area contributed by atoms with E-state index in [-0.39, 0.29) is 36.0 Å². The van der Waals surface area contributed by atoms with E-state index in [0.29, 0.717) is 19.3 Å². The summed E-state index contributed by atoms with van der Waals surface area (Å²) in [5, 5.41) is 19.0. The maximum absolute atomic E-state index is 11.1. The number of carbonyl (C=O) groups is 1. The number of esters is 1. The summed E-state index contributed by atoms with van der Waals surface area (Å²) in [6, 6.07) is -0.339. The lowest BCUT2D eigenvalue weighted by Gasteiger charge is -2.19. The number of carbonyl (C=O) groups excluding carboxylic acids is 1. The highest BCUT2D eigenvalue weighted by molar-refractivity contribution is 6.10. The van der Waals surface area contributed by atoms with Crippen LogP contribution in [0.25, 0.3) is 0 Å². The summed E-state index contributed by atoms with van der Waals surface area (Å²) in [4.78, 5) is 11.1. The molecule has 2 N–H and O–H groups in total. The van der Waals surface area contributed by atoms with Gasteiger partial charge in [0.15, 0.2) is 0 Å². The Bertz CT molecular complexity index is 256. The molecule has 84 valence electrons. The molecule has 0 aromatic rings. The van der Waals surface area contributed by atoms with Crippen molar-refractivity contribution in [2.45, 2.75) is 43.9 Å². The molecule has 1 aliphatic carbocycles. The molecule has 5 atom stereocenters. The van der Waals surface area contributed by atoms with E-state index >= 15 is 0 Å². The molecule has 5 heteroatoms. The Hall–Kier alpha value is -0.545. The molecule has 2 aliphatic rings. The molecule has 2 fully saturated rings. The molecule has 1 saturated heterocycles. The fraction of sp³-hybridized carbons (Fsp3) is 0.900. The third-order valence-corrected chi connectivity index (χ3v) is 3.60. The summed E-state index contributed by atoms with van der Waals surface area (Å²) in [7, 11) is 1.75. The Morgan fingerprint density at radius 1 is 1.60 bits per heavy atom. The first-order valence-electron chi connectivity index (χ1n) is 5.63. The van der Waals surface area contributed by atoms with Crippen molar-refractivity contribution in [3.05, 3.63) is 0 Å². The largest absolute Gasteiger partial charge is 0.462 e. The molecule has 4 nitrogen and oxygen atoms in total. The van der Waals surface area contributed by atoms with E-state index in [2.05, 4.69) is 0 Å². The Labute approximate surface area is 90.0 Å². The molecular formula is C10H17BO4. The minimum Gasteiger partial charge on any atom is -0.462 e. The van der Waals surface area contributed by atoms with Crippen LogP contribution in [-0.2, 0) is 9.53 Å². The van der Waals surface area contributed by atoms with Crippen molar-refractivity contribution in [1.29, 1.82) is 0 Å². The summed E-state index contributed by atoms with van der Waals surface area (Å²) >= 11 is 0. The lowest BCUT2D eigenvalue weighted by molar-refractivity contribution is -0.141. The molecule has 0 aromatic carbocycles. The van der Waals surface area contributed by atoms with Crippen LogP contribution < -0.4 is 0 Å². The van der Waals surface area contributed by atoms with Gasteiger partial charge in [0.25, 0.3) is 0 Å². The Kier molecular flexibility index (Phi) is 3.02.